The minimum absolute atomic E-state index is 0.130. The molecule has 1 atom stereocenters. The fraction of sp³-hybridized carbons (Fsp3) is 0.333. The van der Waals surface area contributed by atoms with Crippen molar-refractivity contribution in [2.75, 3.05) is 11.4 Å². The van der Waals surface area contributed by atoms with Crippen LogP contribution in [-0.4, -0.2) is 22.3 Å². The van der Waals surface area contributed by atoms with Gasteiger partial charge in [0.05, 0.1) is 18.3 Å². The number of hydrogen-bond donors (Lipinski definition) is 1. The first-order valence-corrected chi connectivity index (χ1v) is 6.72. The number of aromatic nitrogens is 2. The molecule has 0 radical (unpaired) electrons. The third-order valence-electron chi connectivity index (χ3n) is 3.67. The number of guanidine groups is 1. The molecule has 0 fully saturated rings. The van der Waals surface area contributed by atoms with Gasteiger partial charge in [0.1, 0.15) is 0 Å². The molecular weight excluding hydrogens is 250 g/mol. The Morgan fingerprint density at radius 2 is 2.10 bits per heavy atom. The summed E-state index contributed by atoms with van der Waals surface area (Å²) in [6.07, 6.45) is 2.05. The monoisotopic (exact) mass is 269 g/mol. The first-order chi connectivity index (χ1) is 9.56. The van der Waals surface area contributed by atoms with Gasteiger partial charge >= 0.3 is 0 Å². The molecule has 1 aliphatic heterocycles. The summed E-state index contributed by atoms with van der Waals surface area (Å²) in [5.74, 6) is 0.573. The van der Waals surface area contributed by atoms with Crippen LogP contribution >= 0.6 is 0 Å². The van der Waals surface area contributed by atoms with Gasteiger partial charge in [0.2, 0.25) is 0 Å². The van der Waals surface area contributed by atoms with Crippen molar-refractivity contribution in [3.8, 4) is 0 Å². The summed E-state index contributed by atoms with van der Waals surface area (Å²) < 4.78 is 1.84. The first kappa shape index (κ1) is 12.7. The van der Waals surface area contributed by atoms with Crippen molar-refractivity contribution >= 4 is 11.6 Å². The van der Waals surface area contributed by atoms with E-state index in [-0.39, 0.29) is 6.04 Å². The molecule has 20 heavy (non-hydrogen) atoms. The van der Waals surface area contributed by atoms with Crippen molar-refractivity contribution in [2.24, 2.45) is 17.8 Å². The maximum absolute atomic E-state index is 6.09. The van der Waals surface area contributed by atoms with Crippen LogP contribution in [0, 0.1) is 13.8 Å². The molecule has 104 valence electrons. The number of nitrogens with two attached hydrogens (primary N) is 1. The van der Waals surface area contributed by atoms with Crippen molar-refractivity contribution in [3.05, 3.63) is 47.3 Å². The number of nitrogens with zero attached hydrogens (tertiary/aromatic N) is 4. The maximum Gasteiger partial charge on any atom is 0.196 e. The molecule has 0 saturated carbocycles. The molecule has 5 heteroatoms. The van der Waals surface area contributed by atoms with Crippen LogP contribution in [0.1, 0.15) is 22.9 Å². The lowest BCUT2D eigenvalue weighted by Gasteiger charge is -2.26. The van der Waals surface area contributed by atoms with Gasteiger partial charge in [0.15, 0.2) is 5.96 Å². The molecular formula is C15H19N5. The number of hydrogen-bond acceptors (Lipinski definition) is 4. The third-order valence-corrected chi connectivity index (χ3v) is 3.67. The number of aryl methyl sites for hydroxylation is 3. The standard InChI is InChI=1S/C15H19N5/c1-10-5-4-6-12(7-10)20-14(8-17-15(20)16)13-9-19(3)18-11(13)2/h4-7,9,14H,8H2,1-3H3,(H2,16,17). The zero-order valence-electron chi connectivity index (χ0n) is 12.0. The van der Waals surface area contributed by atoms with Gasteiger partial charge in [-0.15, -0.1) is 0 Å². The van der Waals surface area contributed by atoms with Gasteiger partial charge in [-0.3, -0.25) is 9.67 Å². The summed E-state index contributed by atoms with van der Waals surface area (Å²) in [6, 6.07) is 8.46. The highest BCUT2D eigenvalue weighted by Gasteiger charge is 2.31. The summed E-state index contributed by atoms with van der Waals surface area (Å²) in [5.41, 5.74) is 10.6. The van der Waals surface area contributed by atoms with Gasteiger partial charge in [-0.2, -0.15) is 5.10 Å². The van der Waals surface area contributed by atoms with Gasteiger partial charge in [0, 0.05) is 24.5 Å². The summed E-state index contributed by atoms with van der Waals surface area (Å²) in [6.45, 7) is 4.78. The van der Waals surface area contributed by atoms with Crippen LogP contribution in [-0.2, 0) is 7.05 Å². The van der Waals surface area contributed by atoms with Crippen molar-refractivity contribution in [1.82, 2.24) is 9.78 Å². The lowest BCUT2D eigenvalue weighted by molar-refractivity contribution is 0.751. The van der Waals surface area contributed by atoms with E-state index in [0.717, 1.165) is 11.4 Å². The smallest absolute Gasteiger partial charge is 0.196 e. The quantitative estimate of drug-likeness (QED) is 0.906. The normalized spacial score (nSPS) is 18.4. The minimum Gasteiger partial charge on any atom is -0.369 e. The van der Waals surface area contributed by atoms with E-state index in [0.29, 0.717) is 12.5 Å². The Labute approximate surface area is 118 Å². The van der Waals surface area contributed by atoms with Crippen molar-refractivity contribution in [2.45, 2.75) is 19.9 Å². The van der Waals surface area contributed by atoms with Gasteiger partial charge in [-0.1, -0.05) is 12.1 Å². The Bertz CT molecular complexity index is 671. The SMILES string of the molecule is Cc1cccc(N2C(N)=NCC2c2cn(C)nc2C)c1. The van der Waals surface area contributed by atoms with Crippen LogP contribution in [0.25, 0.3) is 0 Å². The van der Waals surface area contributed by atoms with E-state index < -0.39 is 0 Å². The molecule has 5 nitrogen and oxygen atoms in total. The van der Waals surface area contributed by atoms with Crippen LogP contribution in [0.2, 0.25) is 0 Å². The van der Waals surface area contributed by atoms with E-state index >= 15 is 0 Å². The lowest BCUT2D eigenvalue weighted by Crippen LogP contribution is -2.36. The lowest BCUT2D eigenvalue weighted by atomic mass is 10.1. The highest BCUT2D eigenvalue weighted by Crippen LogP contribution is 2.32. The minimum atomic E-state index is 0.130. The topological polar surface area (TPSA) is 59.4 Å². The van der Waals surface area contributed by atoms with Crippen molar-refractivity contribution in [3.63, 3.8) is 0 Å². The van der Waals surface area contributed by atoms with Gasteiger partial charge in [-0.05, 0) is 31.5 Å². The maximum atomic E-state index is 6.09. The number of benzene rings is 1. The summed E-state index contributed by atoms with van der Waals surface area (Å²) in [5, 5.41) is 4.42. The van der Waals surface area contributed by atoms with Gasteiger partial charge < -0.3 is 10.6 Å². The van der Waals surface area contributed by atoms with E-state index in [1.807, 2.05) is 24.7 Å². The average molecular weight is 269 g/mol. The van der Waals surface area contributed by atoms with E-state index in [2.05, 4.69) is 46.3 Å². The van der Waals surface area contributed by atoms with Crippen LogP contribution in [0.3, 0.4) is 0 Å². The highest BCUT2D eigenvalue weighted by molar-refractivity contribution is 5.97. The first-order valence-electron chi connectivity index (χ1n) is 6.72. The molecule has 0 amide bonds. The van der Waals surface area contributed by atoms with Crippen LogP contribution in [0.5, 0.6) is 0 Å². The van der Waals surface area contributed by atoms with Gasteiger partial charge in [0.25, 0.3) is 0 Å². The van der Waals surface area contributed by atoms with E-state index in [1.165, 1.54) is 11.1 Å². The number of aliphatic imine (C=N–C) groups is 1. The van der Waals surface area contributed by atoms with E-state index in [9.17, 15) is 0 Å². The molecule has 0 saturated heterocycles. The molecule has 0 spiro atoms. The Kier molecular flexibility index (Phi) is 2.97. The van der Waals surface area contributed by atoms with Crippen LogP contribution in [0.15, 0.2) is 35.5 Å². The van der Waals surface area contributed by atoms with E-state index in [4.69, 9.17) is 5.73 Å². The average Bonchev–Trinajstić information content (AvgIpc) is 2.92. The zero-order chi connectivity index (χ0) is 14.3. The van der Waals surface area contributed by atoms with E-state index in [1.54, 1.807) is 0 Å². The molecule has 1 unspecified atom stereocenters. The molecule has 3 rings (SSSR count). The van der Waals surface area contributed by atoms with Crippen molar-refractivity contribution < 1.29 is 0 Å². The molecule has 0 aliphatic carbocycles. The fourth-order valence-corrected chi connectivity index (χ4v) is 2.77. The molecule has 1 aliphatic rings. The highest BCUT2D eigenvalue weighted by atomic mass is 15.3. The number of anilines is 1. The second kappa shape index (κ2) is 4.67. The molecule has 1 aromatic carbocycles. The Balaban J connectivity index is 2.02. The second-order valence-corrected chi connectivity index (χ2v) is 5.27. The Morgan fingerprint density at radius 3 is 2.75 bits per heavy atom. The Hall–Kier alpha value is -2.30. The fourth-order valence-electron chi connectivity index (χ4n) is 2.77. The summed E-state index contributed by atoms with van der Waals surface area (Å²) in [7, 11) is 1.94. The largest absolute Gasteiger partial charge is 0.369 e. The molecule has 2 aromatic rings. The molecule has 0 bridgehead atoms. The van der Waals surface area contributed by atoms with Crippen LogP contribution in [0.4, 0.5) is 5.69 Å². The predicted octanol–water partition coefficient (Wildman–Crippen LogP) is 1.91. The molecule has 2 heterocycles. The molecule has 2 N–H and O–H groups in total. The van der Waals surface area contributed by atoms with Gasteiger partial charge in [-0.25, -0.2) is 0 Å². The summed E-state index contributed by atoms with van der Waals surface area (Å²) >= 11 is 0. The second-order valence-electron chi connectivity index (χ2n) is 5.27. The zero-order valence-corrected chi connectivity index (χ0v) is 12.0. The third kappa shape index (κ3) is 2.05. The van der Waals surface area contributed by atoms with Crippen molar-refractivity contribution in [1.29, 1.82) is 0 Å². The summed E-state index contributed by atoms with van der Waals surface area (Å²) in [4.78, 5) is 6.51. The Morgan fingerprint density at radius 1 is 1.30 bits per heavy atom. The molecule has 1 aromatic heterocycles. The predicted molar refractivity (Wildman–Crippen MR) is 80.8 cm³/mol. The van der Waals surface area contributed by atoms with Crippen LogP contribution < -0.4 is 10.6 Å². The number of rotatable bonds is 2.